The summed E-state index contributed by atoms with van der Waals surface area (Å²) in [5, 5.41) is 21.8. The minimum absolute atomic E-state index is 0.0511. The van der Waals surface area contributed by atoms with Crippen molar-refractivity contribution in [1.29, 1.82) is 0 Å². The number of benzene rings is 2. The van der Waals surface area contributed by atoms with E-state index in [-0.39, 0.29) is 17.1 Å². The number of nitrogens with two attached hydrogens (primary N) is 1. The standard InChI is InChI=1S/C14H13ClN2O3/c1-7-4-11(16)10(15)6-12(7)17-14(20)9-3-2-8(18)5-13(9)19/h2-6,18-19H,16H2,1H3,(H,17,20). The topological polar surface area (TPSA) is 95.6 Å². The highest BCUT2D eigenvalue weighted by Gasteiger charge is 2.13. The van der Waals surface area contributed by atoms with Crippen molar-refractivity contribution < 1.29 is 15.0 Å². The number of aryl methyl sites for hydroxylation is 1. The number of carbonyl (C=O) groups is 1. The van der Waals surface area contributed by atoms with Crippen LogP contribution in [0.2, 0.25) is 5.02 Å². The van der Waals surface area contributed by atoms with Crippen LogP contribution in [0.25, 0.3) is 0 Å². The first-order valence-electron chi connectivity index (χ1n) is 5.77. The fourth-order valence-corrected chi connectivity index (χ4v) is 1.90. The molecule has 2 rings (SSSR count). The van der Waals surface area contributed by atoms with E-state index in [1.807, 2.05) is 0 Å². The molecule has 20 heavy (non-hydrogen) atoms. The summed E-state index contributed by atoms with van der Waals surface area (Å²) in [6.07, 6.45) is 0. The molecule has 0 saturated heterocycles. The average Bonchev–Trinajstić information content (AvgIpc) is 2.35. The van der Waals surface area contributed by atoms with Crippen molar-refractivity contribution in [2.75, 3.05) is 11.1 Å². The number of anilines is 2. The number of nitrogens with one attached hydrogen (secondary N) is 1. The highest BCUT2D eigenvalue weighted by Crippen LogP contribution is 2.28. The van der Waals surface area contributed by atoms with E-state index >= 15 is 0 Å². The molecule has 2 aromatic rings. The molecule has 0 unspecified atom stereocenters. The number of amides is 1. The largest absolute Gasteiger partial charge is 0.508 e. The minimum Gasteiger partial charge on any atom is -0.508 e. The van der Waals surface area contributed by atoms with Crippen LogP contribution in [-0.2, 0) is 0 Å². The summed E-state index contributed by atoms with van der Waals surface area (Å²) >= 11 is 5.91. The fourth-order valence-electron chi connectivity index (χ4n) is 1.74. The van der Waals surface area contributed by atoms with Gasteiger partial charge in [0.05, 0.1) is 16.3 Å². The van der Waals surface area contributed by atoms with Crippen molar-refractivity contribution in [2.45, 2.75) is 6.92 Å². The number of hydrogen-bond donors (Lipinski definition) is 4. The van der Waals surface area contributed by atoms with Crippen LogP contribution in [0.1, 0.15) is 15.9 Å². The summed E-state index contributed by atoms with van der Waals surface area (Å²) < 4.78 is 0. The third kappa shape index (κ3) is 2.78. The predicted molar refractivity (Wildman–Crippen MR) is 78.3 cm³/mol. The van der Waals surface area contributed by atoms with E-state index < -0.39 is 5.91 Å². The molecule has 6 heteroatoms. The zero-order valence-electron chi connectivity index (χ0n) is 10.6. The number of halogens is 1. The molecule has 0 aliphatic carbocycles. The molecule has 0 radical (unpaired) electrons. The van der Waals surface area contributed by atoms with Gasteiger partial charge in [-0.2, -0.15) is 0 Å². The van der Waals surface area contributed by atoms with Crippen LogP contribution in [0, 0.1) is 6.92 Å². The van der Waals surface area contributed by atoms with E-state index in [4.69, 9.17) is 17.3 Å². The quantitative estimate of drug-likeness (QED) is 0.640. The van der Waals surface area contributed by atoms with E-state index in [1.54, 1.807) is 19.1 Å². The van der Waals surface area contributed by atoms with E-state index in [0.717, 1.165) is 11.6 Å². The van der Waals surface area contributed by atoms with Gasteiger partial charge in [-0.3, -0.25) is 4.79 Å². The maximum Gasteiger partial charge on any atom is 0.259 e. The van der Waals surface area contributed by atoms with Gasteiger partial charge in [-0.1, -0.05) is 11.6 Å². The Morgan fingerprint density at radius 1 is 1.25 bits per heavy atom. The monoisotopic (exact) mass is 292 g/mol. The summed E-state index contributed by atoms with van der Waals surface area (Å²) in [5.41, 5.74) is 7.39. The summed E-state index contributed by atoms with van der Waals surface area (Å²) in [5.74, 6) is -0.932. The van der Waals surface area contributed by atoms with E-state index in [2.05, 4.69) is 5.32 Å². The van der Waals surface area contributed by atoms with Crippen LogP contribution >= 0.6 is 11.6 Å². The zero-order chi connectivity index (χ0) is 14.9. The van der Waals surface area contributed by atoms with Gasteiger partial charge in [0.25, 0.3) is 5.91 Å². The Morgan fingerprint density at radius 3 is 2.60 bits per heavy atom. The van der Waals surface area contributed by atoms with Gasteiger partial charge in [-0.15, -0.1) is 0 Å². The van der Waals surface area contributed by atoms with Crippen molar-refractivity contribution in [3.8, 4) is 11.5 Å². The van der Waals surface area contributed by atoms with Crippen LogP contribution in [-0.4, -0.2) is 16.1 Å². The van der Waals surface area contributed by atoms with Gasteiger partial charge in [0, 0.05) is 11.8 Å². The molecule has 0 aliphatic heterocycles. The molecule has 0 atom stereocenters. The molecule has 5 nitrogen and oxygen atoms in total. The molecular weight excluding hydrogens is 280 g/mol. The second-order valence-electron chi connectivity index (χ2n) is 4.34. The maximum absolute atomic E-state index is 12.1. The minimum atomic E-state index is -0.508. The third-order valence-corrected chi connectivity index (χ3v) is 3.15. The highest BCUT2D eigenvalue weighted by atomic mass is 35.5. The summed E-state index contributed by atoms with van der Waals surface area (Å²) in [6.45, 7) is 1.78. The summed E-state index contributed by atoms with van der Waals surface area (Å²) in [7, 11) is 0. The molecule has 2 aromatic carbocycles. The Balaban J connectivity index is 2.30. The first kappa shape index (κ1) is 14.0. The Labute approximate surface area is 120 Å². The van der Waals surface area contributed by atoms with Crippen LogP contribution in [0.4, 0.5) is 11.4 Å². The van der Waals surface area contributed by atoms with Gasteiger partial charge in [0.1, 0.15) is 11.5 Å². The average molecular weight is 293 g/mol. The first-order valence-corrected chi connectivity index (χ1v) is 6.15. The molecule has 0 aliphatic rings. The van der Waals surface area contributed by atoms with Crippen LogP contribution in [0.3, 0.4) is 0 Å². The second-order valence-corrected chi connectivity index (χ2v) is 4.75. The lowest BCUT2D eigenvalue weighted by Crippen LogP contribution is -2.13. The van der Waals surface area contributed by atoms with Crippen molar-refractivity contribution in [3.63, 3.8) is 0 Å². The number of rotatable bonds is 2. The number of hydrogen-bond acceptors (Lipinski definition) is 4. The number of carbonyl (C=O) groups excluding carboxylic acids is 1. The molecule has 1 amide bonds. The number of nitrogen functional groups attached to an aromatic ring is 1. The Morgan fingerprint density at radius 2 is 1.95 bits per heavy atom. The van der Waals surface area contributed by atoms with Gasteiger partial charge >= 0.3 is 0 Å². The predicted octanol–water partition coefficient (Wildman–Crippen LogP) is 2.89. The van der Waals surface area contributed by atoms with Crippen molar-refractivity contribution in [3.05, 3.63) is 46.5 Å². The molecule has 0 saturated carbocycles. The first-order chi connectivity index (χ1) is 9.38. The molecule has 5 N–H and O–H groups in total. The number of phenolic OH excluding ortho intramolecular Hbond substituents is 2. The van der Waals surface area contributed by atoms with Crippen molar-refractivity contribution >= 4 is 28.9 Å². The molecule has 0 spiro atoms. The van der Waals surface area contributed by atoms with Crippen LogP contribution < -0.4 is 11.1 Å². The molecule has 0 heterocycles. The SMILES string of the molecule is Cc1cc(N)c(Cl)cc1NC(=O)c1ccc(O)cc1O. The van der Waals surface area contributed by atoms with Gasteiger partial charge in [-0.25, -0.2) is 0 Å². The van der Waals surface area contributed by atoms with Crippen molar-refractivity contribution in [2.24, 2.45) is 0 Å². The van der Waals surface area contributed by atoms with Crippen LogP contribution in [0.5, 0.6) is 11.5 Å². The van der Waals surface area contributed by atoms with E-state index in [9.17, 15) is 15.0 Å². The lowest BCUT2D eigenvalue weighted by molar-refractivity contribution is 0.102. The Kier molecular flexibility index (Phi) is 3.72. The molecule has 104 valence electrons. The molecule has 0 bridgehead atoms. The van der Waals surface area contributed by atoms with Crippen LogP contribution in [0.15, 0.2) is 30.3 Å². The second kappa shape index (κ2) is 5.30. The highest BCUT2D eigenvalue weighted by molar-refractivity contribution is 6.33. The lowest BCUT2D eigenvalue weighted by Gasteiger charge is -2.11. The molecule has 0 aromatic heterocycles. The molecular formula is C14H13ClN2O3. The summed E-state index contributed by atoms with van der Waals surface area (Å²) in [6, 6.07) is 6.93. The van der Waals surface area contributed by atoms with E-state index in [0.29, 0.717) is 16.4 Å². The van der Waals surface area contributed by atoms with E-state index in [1.165, 1.54) is 12.1 Å². The number of phenols is 2. The lowest BCUT2D eigenvalue weighted by atomic mass is 10.1. The van der Waals surface area contributed by atoms with Gasteiger partial charge in [0.2, 0.25) is 0 Å². The molecule has 0 fully saturated rings. The Hall–Kier alpha value is -2.40. The van der Waals surface area contributed by atoms with Crippen molar-refractivity contribution in [1.82, 2.24) is 0 Å². The van der Waals surface area contributed by atoms with Gasteiger partial charge < -0.3 is 21.3 Å². The zero-order valence-corrected chi connectivity index (χ0v) is 11.4. The third-order valence-electron chi connectivity index (χ3n) is 2.82. The number of aromatic hydroxyl groups is 2. The Bertz CT molecular complexity index is 686. The summed E-state index contributed by atoms with van der Waals surface area (Å²) in [4.78, 5) is 12.1. The fraction of sp³-hybridized carbons (Fsp3) is 0.0714. The maximum atomic E-state index is 12.1. The van der Waals surface area contributed by atoms with Gasteiger partial charge in [0.15, 0.2) is 0 Å². The normalized spacial score (nSPS) is 10.3. The smallest absolute Gasteiger partial charge is 0.259 e. The van der Waals surface area contributed by atoms with Gasteiger partial charge in [-0.05, 0) is 36.8 Å².